The van der Waals surface area contributed by atoms with E-state index in [1.807, 2.05) is 19.1 Å². The summed E-state index contributed by atoms with van der Waals surface area (Å²) in [4.78, 5) is 42.6. The normalized spacial score (nSPS) is 20.3. The highest BCUT2D eigenvalue weighted by molar-refractivity contribution is 6.08. The monoisotopic (exact) mass is 446 g/mol. The molecule has 170 valence electrons. The van der Waals surface area contributed by atoms with E-state index in [4.69, 9.17) is 0 Å². The number of carbonyl (C=O) groups excluding carboxylic acids is 3. The maximum absolute atomic E-state index is 12.9. The number of aromatic nitrogens is 1. The van der Waals surface area contributed by atoms with Crippen LogP contribution in [0.15, 0.2) is 42.5 Å². The van der Waals surface area contributed by atoms with Crippen LogP contribution >= 0.6 is 0 Å². The molecule has 1 fully saturated rings. The number of hydrogen-bond acceptors (Lipinski definition) is 4. The Bertz CT molecular complexity index is 1250. The number of piperidine rings is 1. The molecule has 1 saturated heterocycles. The van der Waals surface area contributed by atoms with Crippen LogP contribution < -0.4 is 10.6 Å². The lowest BCUT2D eigenvalue weighted by Crippen LogP contribution is -2.42. The van der Waals surface area contributed by atoms with E-state index in [0.717, 1.165) is 29.3 Å². The van der Waals surface area contributed by atoms with E-state index in [1.165, 1.54) is 0 Å². The second-order valence-corrected chi connectivity index (χ2v) is 8.86. The molecule has 3 heterocycles. The van der Waals surface area contributed by atoms with Crippen LogP contribution in [0.4, 0.5) is 5.69 Å². The number of aliphatic hydroxyl groups excluding tert-OH is 1. The van der Waals surface area contributed by atoms with Gasteiger partial charge in [-0.3, -0.25) is 14.4 Å². The standard InChI is InChI=1S/C25H26N4O4/c1-14-12-26-24(32)22-21(14)19-11-16(6-9-20(19)28-22)23(31)27-17-7-4-15(5-8-17)25(33)29-10-2-3-18(30)13-29/h4-9,11,14,18,28,30H,2-3,10,12-13H2,1H3,(H,26,32)(H,27,31). The van der Waals surface area contributed by atoms with Crippen molar-refractivity contribution >= 4 is 34.3 Å². The molecule has 2 aliphatic heterocycles. The van der Waals surface area contributed by atoms with Gasteiger partial charge >= 0.3 is 0 Å². The largest absolute Gasteiger partial charge is 0.391 e. The average molecular weight is 447 g/mol. The third-order valence-electron chi connectivity index (χ3n) is 6.46. The zero-order valence-corrected chi connectivity index (χ0v) is 18.4. The second kappa shape index (κ2) is 8.37. The number of amides is 3. The van der Waals surface area contributed by atoms with E-state index in [1.54, 1.807) is 35.2 Å². The van der Waals surface area contributed by atoms with Crippen LogP contribution in [-0.4, -0.2) is 58.5 Å². The van der Waals surface area contributed by atoms with Crippen LogP contribution in [0.25, 0.3) is 10.9 Å². The van der Waals surface area contributed by atoms with Gasteiger partial charge < -0.3 is 25.6 Å². The lowest BCUT2D eigenvalue weighted by Gasteiger charge is -2.30. The molecule has 0 saturated carbocycles. The molecule has 2 aromatic carbocycles. The van der Waals surface area contributed by atoms with Gasteiger partial charge in [-0.05, 0) is 60.9 Å². The molecule has 8 heteroatoms. The Morgan fingerprint density at radius 2 is 1.88 bits per heavy atom. The molecule has 2 unspecified atom stereocenters. The lowest BCUT2D eigenvalue weighted by atomic mass is 9.93. The highest BCUT2D eigenvalue weighted by Gasteiger charge is 2.27. The fourth-order valence-corrected chi connectivity index (χ4v) is 4.70. The molecule has 0 bridgehead atoms. The van der Waals surface area contributed by atoms with Crippen molar-refractivity contribution in [2.75, 3.05) is 25.0 Å². The highest BCUT2D eigenvalue weighted by Crippen LogP contribution is 2.32. The van der Waals surface area contributed by atoms with Crippen molar-refractivity contribution in [1.82, 2.24) is 15.2 Å². The van der Waals surface area contributed by atoms with E-state index >= 15 is 0 Å². The third-order valence-corrected chi connectivity index (χ3v) is 6.46. The van der Waals surface area contributed by atoms with Gasteiger partial charge in [0.1, 0.15) is 5.69 Å². The number of β-amino-alcohol motifs (C(OH)–C–C–N with tert-alkyl or cyclic N) is 1. The minimum Gasteiger partial charge on any atom is -0.391 e. The van der Waals surface area contributed by atoms with Crippen LogP contribution in [-0.2, 0) is 0 Å². The summed E-state index contributed by atoms with van der Waals surface area (Å²) in [5, 5.41) is 16.4. The van der Waals surface area contributed by atoms with E-state index in [0.29, 0.717) is 42.1 Å². The number of anilines is 1. The first-order chi connectivity index (χ1) is 15.9. The molecule has 33 heavy (non-hydrogen) atoms. The first-order valence-corrected chi connectivity index (χ1v) is 11.2. The minimum absolute atomic E-state index is 0.118. The summed E-state index contributed by atoms with van der Waals surface area (Å²) in [5.41, 5.74) is 3.92. The van der Waals surface area contributed by atoms with E-state index < -0.39 is 6.10 Å². The fraction of sp³-hybridized carbons (Fsp3) is 0.320. The predicted molar refractivity (Wildman–Crippen MR) is 125 cm³/mol. The van der Waals surface area contributed by atoms with Gasteiger partial charge in [-0.25, -0.2) is 0 Å². The summed E-state index contributed by atoms with van der Waals surface area (Å²) >= 11 is 0. The Labute approximate surface area is 191 Å². The van der Waals surface area contributed by atoms with E-state index in [9.17, 15) is 19.5 Å². The van der Waals surface area contributed by atoms with Crippen LogP contribution in [0, 0.1) is 0 Å². The van der Waals surface area contributed by atoms with Crippen molar-refractivity contribution in [2.45, 2.75) is 31.8 Å². The number of rotatable bonds is 3. The quantitative estimate of drug-likeness (QED) is 0.495. The summed E-state index contributed by atoms with van der Waals surface area (Å²) < 4.78 is 0. The number of nitrogens with one attached hydrogen (secondary N) is 3. The average Bonchev–Trinajstić information content (AvgIpc) is 3.22. The summed E-state index contributed by atoms with van der Waals surface area (Å²) in [6.45, 7) is 3.60. The molecule has 8 nitrogen and oxygen atoms in total. The predicted octanol–water partition coefficient (Wildman–Crippen LogP) is 2.86. The van der Waals surface area contributed by atoms with Gasteiger partial charge in [-0.15, -0.1) is 0 Å². The molecule has 5 rings (SSSR count). The number of aromatic amines is 1. The van der Waals surface area contributed by atoms with Gasteiger partial charge in [-0.1, -0.05) is 6.92 Å². The molecule has 2 aliphatic rings. The van der Waals surface area contributed by atoms with Gasteiger partial charge in [0.25, 0.3) is 17.7 Å². The van der Waals surface area contributed by atoms with Gasteiger partial charge in [0.15, 0.2) is 0 Å². The van der Waals surface area contributed by atoms with Crippen LogP contribution in [0.1, 0.15) is 62.5 Å². The Morgan fingerprint density at radius 1 is 1.12 bits per heavy atom. The Kier molecular flexibility index (Phi) is 5.38. The van der Waals surface area contributed by atoms with Crippen LogP contribution in [0.2, 0.25) is 0 Å². The zero-order chi connectivity index (χ0) is 23.1. The maximum atomic E-state index is 12.9. The smallest absolute Gasteiger partial charge is 0.268 e. The van der Waals surface area contributed by atoms with Gasteiger partial charge in [0.05, 0.1) is 6.10 Å². The molecule has 3 aromatic rings. The number of carbonyl (C=O) groups is 3. The summed E-state index contributed by atoms with van der Waals surface area (Å²) in [7, 11) is 0. The van der Waals surface area contributed by atoms with Crippen LogP contribution in [0.5, 0.6) is 0 Å². The highest BCUT2D eigenvalue weighted by atomic mass is 16.3. The number of hydrogen-bond donors (Lipinski definition) is 4. The van der Waals surface area contributed by atoms with Crippen molar-refractivity contribution in [3.05, 3.63) is 64.8 Å². The lowest BCUT2D eigenvalue weighted by molar-refractivity contribution is 0.0474. The fourth-order valence-electron chi connectivity index (χ4n) is 4.70. The molecule has 1 aromatic heterocycles. The number of nitrogens with zero attached hydrogens (tertiary/aromatic N) is 1. The van der Waals surface area contributed by atoms with Crippen molar-refractivity contribution in [2.24, 2.45) is 0 Å². The minimum atomic E-state index is -0.471. The Balaban J connectivity index is 1.33. The Hall–Kier alpha value is -3.65. The molecule has 0 spiro atoms. The van der Waals surface area contributed by atoms with Crippen LogP contribution in [0.3, 0.4) is 0 Å². The molecule has 0 radical (unpaired) electrons. The molecular formula is C25H26N4O4. The van der Waals surface area contributed by atoms with Crippen molar-refractivity contribution < 1.29 is 19.5 Å². The first kappa shape index (κ1) is 21.2. The number of likely N-dealkylation sites (tertiary alicyclic amines) is 1. The van der Waals surface area contributed by atoms with Gasteiger partial charge in [-0.2, -0.15) is 0 Å². The van der Waals surface area contributed by atoms with Crippen molar-refractivity contribution in [3.63, 3.8) is 0 Å². The summed E-state index contributed by atoms with van der Waals surface area (Å²) in [6, 6.07) is 12.1. The first-order valence-electron chi connectivity index (χ1n) is 11.2. The van der Waals surface area contributed by atoms with Crippen molar-refractivity contribution in [1.29, 1.82) is 0 Å². The molecule has 2 atom stereocenters. The molecule has 0 aliphatic carbocycles. The van der Waals surface area contributed by atoms with Gasteiger partial charge in [0, 0.05) is 53.3 Å². The third kappa shape index (κ3) is 3.98. The van der Waals surface area contributed by atoms with E-state index in [-0.39, 0.29) is 23.6 Å². The maximum Gasteiger partial charge on any atom is 0.268 e. The summed E-state index contributed by atoms with van der Waals surface area (Å²) in [6.07, 6.45) is 1.04. The van der Waals surface area contributed by atoms with Gasteiger partial charge in [0.2, 0.25) is 0 Å². The Morgan fingerprint density at radius 3 is 2.64 bits per heavy atom. The SMILES string of the molecule is CC1CNC(=O)c2[nH]c3ccc(C(=O)Nc4ccc(C(=O)N5CCCC(O)C5)cc4)cc3c21. The topological polar surface area (TPSA) is 115 Å². The second-order valence-electron chi connectivity index (χ2n) is 8.86. The summed E-state index contributed by atoms with van der Waals surface area (Å²) in [5.74, 6) is -0.361. The number of aliphatic hydroxyl groups is 1. The number of benzene rings is 2. The number of fused-ring (bicyclic) bond motifs is 3. The number of H-pyrrole nitrogens is 1. The van der Waals surface area contributed by atoms with E-state index in [2.05, 4.69) is 15.6 Å². The van der Waals surface area contributed by atoms with Crippen molar-refractivity contribution in [3.8, 4) is 0 Å². The zero-order valence-electron chi connectivity index (χ0n) is 18.4. The molecule has 4 N–H and O–H groups in total. The molecule has 3 amide bonds. The molecular weight excluding hydrogens is 420 g/mol.